The van der Waals surface area contributed by atoms with E-state index in [9.17, 15) is 9.59 Å². The Kier molecular flexibility index (Phi) is 7.52. The SMILES string of the molecule is CCN1CC(C(=O)NC(C)(CN)CC(C)C)CC1=O.Cl. The fraction of sp³-hybridized carbons (Fsp3) is 0.857. The second-order valence-corrected chi connectivity index (χ2v) is 6.19. The molecule has 2 unspecified atom stereocenters. The lowest BCUT2D eigenvalue weighted by Gasteiger charge is -2.32. The van der Waals surface area contributed by atoms with E-state index in [0.29, 0.717) is 32.0 Å². The van der Waals surface area contributed by atoms with E-state index in [1.165, 1.54) is 0 Å². The van der Waals surface area contributed by atoms with Crippen molar-refractivity contribution in [1.82, 2.24) is 10.2 Å². The maximum atomic E-state index is 12.3. The van der Waals surface area contributed by atoms with Crippen molar-refractivity contribution in [3.05, 3.63) is 0 Å². The minimum atomic E-state index is -0.381. The van der Waals surface area contributed by atoms with Crippen LogP contribution in [0.1, 0.15) is 40.5 Å². The molecule has 0 aromatic heterocycles. The molecule has 0 aliphatic carbocycles. The molecule has 1 saturated heterocycles. The molecule has 5 nitrogen and oxygen atoms in total. The Morgan fingerprint density at radius 2 is 2.15 bits per heavy atom. The number of nitrogens with one attached hydrogen (secondary N) is 1. The highest BCUT2D eigenvalue weighted by Gasteiger charge is 2.36. The number of carbonyl (C=O) groups excluding carboxylic acids is 2. The number of nitrogens with zero attached hydrogens (tertiary/aromatic N) is 1. The Morgan fingerprint density at radius 3 is 2.55 bits per heavy atom. The summed E-state index contributed by atoms with van der Waals surface area (Å²) < 4.78 is 0. The zero-order chi connectivity index (χ0) is 14.6. The Morgan fingerprint density at radius 1 is 1.55 bits per heavy atom. The third-order valence-corrected chi connectivity index (χ3v) is 3.70. The molecule has 118 valence electrons. The second-order valence-electron chi connectivity index (χ2n) is 6.19. The molecule has 1 fully saturated rings. The van der Waals surface area contributed by atoms with Gasteiger partial charge in [0.25, 0.3) is 0 Å². The number of carbonyl (C=O) groups is 2. The van der Waals surface area contributed by atoms with Gasteiger partial charge in [-0.05, 0) is 26.2 Å². The van der Waals surface area contributed by atoms with Crippen LogP contribution >= 0.6 is 12.4 Å². The summed E-state index contributed by atoms with van der Waals surface area (Å²) in [5.41, 5.74) is 5.41. The van der Waals surface area contributed by atoms with Crippen molar-refractivity contribution < 1.29 is 9.59 Å². The first kappa shape index (κ1) is 19.2. The predicted molar refractivity (Wildman–Crippen MR) is 82.7 cm³/mol. The zero-order valence-electron chi connectivity index (χ0n) is 12.9. The van der Waals surface area contributed by atoms with Gasteiger partial charge < -0.3 is 16.0 Å². The van der Waals surface area contributed by atoms with E-state index < -0.39 is 0 Å². The van der Waals surface area contributed by atoms with E-state index in [0.717, 1.165) is 6.42 Å². The van der Waals surface area contributed by atoms with Crippen LogP contribution in [0.25, 0.3) is 0 Å². The van der Waals surface area contributed by atoms with Crippen molar-refractivity contribution in [1.29, 1.82) is 0 Å². The maximum absolute atomic E-state index is 12.3. The van der Waals surface area contributed by atoms with Gasteiger partial charge in [-0.25, -0.2) is 0 Å². The van der Waals surface area contributed by atoms with Gasteiger partial charge in [0, 0.05) is 31.6 Å². The van der Waals surface area contributed by atoms with Crippen LogP contribution in [0.15, 0.2) is 0 Å². The lowest BCUT2D eigenvalue weighted by molar-refractivity contribution is -0.129. The zero-order valence-corrected chi connectivity index (χ0v) is 13.8. The van der Waals surface area contributed by atoms with Crippen molar-refractivity contribution in [3.63, 3.8) is 0 Å². The fourth-order valence-electron chi connectivity index (χ4n) is 2.74. The molecule has 0 aromatic rings. The highest BCUT2D eigenvalue weighted by molar-refractivity contribution is 5.89. The van der Waals surface area contributed by atoms with Gasteiger partial charge in [-0.3, -0.25) is 9.59 Å². The summed E-state index contributed by atoms with van der Waals surface area (Å²) >= 11 is 0. The number of halogens is 1. The first-order valence-corrected chi connectivity index (χ1v) is 7.11. The standard InChI is InChI=1S/C14H27N3O2.ClH/c1-5-17-8-11(6-12(17)18)13(19)16-14(4,9-15)7-10(2)3;/h10-11H,5-9,15H2,1-4H3,(H,16,19);1H. The van der Waals surface area contributed by atoms with Crippen molar-refractivity contribution in [2.24, 2.45) is 17.6 Å². The van der Waals surface area contributed by atoms with Gasteiger partial charge in [0.05, 0.1) is 5.92 Å². The molecule has 2 atom stereocenters. The lowest BCUT2D eigenvalue weighted by Crippen LogP contribution is -2.54. The molecule has 0 bridgehead atoms. The minimum absolute atomic E-state index is 0. The molecule has 0 spiro atoms. The topological polar surface area (TPSA) is 75.4 Å². The maximum Gasteiger partial charge on any atom is 0.225 e. The summed E-state index contributed by atoms with van der Waals surface area (Å²) in [5, 5.41) is 3.04. The highest BCUT2D eigenvalue weighted by Crippen LogP contribution is 2.21. The van der Waals surface area contributed by atoms with Crippen LogP contribution in [0.3, 0.4) is 0 Å². The largest absolute Gasteiger partial charge is 0.349 e. The molecule has 1 aliphatic heterocycles. The molecule has 20 heavy (non-hydrogen) atoms. The molecule has 1 rings (SSSR count). The molecular weight excluding hydrogens is 278 g/mol. The average Bonchev–Trinajstić information content (AvgIpc) is 2.69. The minimum Gasteiger partial charge on any atom is -0.349 e. The Bertz CT molecular complexity index is 349. The highest BCUT2D eigenvalue weighted by atomic mass is 35.5. The van der Waals surface area contributed by atoms with Crippen LogP contribution < -0.4 is 11.1 Å². The van der Waals surface area contributed by atoms with E-state index in [-0.39, 0.29) is 35.7 Å². The third-order valence-electron chi connectivity index (χ3n) is 3.70. The van der Waals surface area contributed by atoms with Crippen molar-refractivity contribution in [3.8, 4) is 0 Å². The summed E-state index contributed by atoms with van der Waals surface area (Å²) in [5.74, 6) is 0.260. The van der Waals surface area contributed by atoms with Gasteiger partial charge >= 0.3 is 0 Å². The first-order valence-electron chi connectivity index (χ1n) is 7.11. The normalized spacial score (nSPS) is 21.6. The van der Waals surface area contributed by atoms with Gasteiger partial charge in [-0.15, -0.1) is 12.4 Å². The molecule has 1 aliphatic rings. The molecular formula is C14H28ClN3O2. The number of hydrogen-bond donors (Lipinski definition) is 2. The summed E-state index contributed by atoms with van der Waals surface area (Å²) in [6.07, 6.45) is 1.16. The second kappa shape index (κ2) is 7.84. The molecule has 0 radical (unpaired) electrons. The van der Waals surface area contributed by atoms with E-state index in [4.69, 9.17) is 5.73 Å². The molecule has 6 heteroatoms. The lowest BCUT2D eigenvalue weighted by atomic mass is 9.90. The smallest absolute Gasteiger partial charge is 0.225 e. The number of rotatable bonds is 6. The van der Waals surface area contributed by atoms with Gasteiger partial charge in [0.1, 0.15) is 0 Å². The number of hydrogen-bond acceptors (Lipinski definition) is 3. The predicted octanol–water partition coefficient (Wildman–Crippen LogP) is 1.16. The number of nitrogens with two attached hydrogens (primary N) is 1. The Balaban J connectivity index is 0.00000361. The fourth-order valence-corrected chi connectivity index (χ4v) is 2.74. The quantitative estimate of drug-likeness (QED) is 0.773. The van der Waals surface area contributed by atoms with Crippen molar-refractivity contribution >= 4 is 24.2 Å². The molecule has 0 aromatic carbocycles. The molecule has 1 heterocycles. The summed E-state index contributed by atoms with van der Waals surface area (Å²) in [6.45, 7) is 9.73. The Labute approximate surface area is 128 Å². The van der Waals surface area contributed by atoms with Crippen molar-refractivity contribution in [2.75, 3.05) is 19.6 Å². The van der Waals surface area contributed by atoms with Crippen molar-refractivity contribution in [2.45, 2.75) is 46.1 Å². The van der Waals surface area contributed by atoms with Gasteiger partial charge in [0.15, 0.2) is 0 Å². The van der Waals surface area contributed by atoms with Crippen LogP contribution in [0.4, 0.5) is 0 Å². The molecule has 3 N–H and O–H groups in total. The van der Waals surface area contributed by atoms with Crippen LogP contribution in [-0.2, 0) is 9.59 Å². The van der Waals surface area contributed by atoms with Crippen LogP contribution in [-0.4, -0.2) is 41.9 Å². The van der Waals surface area contributed by atoms with Crippen LogP contribution in [0, 0.1) is 11.8 Å². The van der Waals surface area contributed by atoms with Gasteiger partial charge in [-0.1, -0.05) is 13.8 Å². The summed E-state index contributed by atoms with van der Waals surface area (Å²) in [4.78, 5) is 25.6. The number of likely N-dealkylation sites (tertiary alicyclic amines) is 1. The van der Waals surface area contributed by atoms with Crippen LogP contribution in [0.5, 0.6) is 0 Å². The monoisotopic (exact) mass is 305 g/mol. The average molecular weight is 306 g/mol. The van der Waals surface area contributed by atoms with E-state index in [2.05, 4.69) is 19.2 Å². The molecule has 0 saturated carbocycles. The molecule has 2 amide bonds. The number of amides is 2. The third kappa shape index (κ3) is 4.94. The summed E-state index contributed by atoms with van der Waals surface area (Å²) in [7, 11) is 0. The first-order chi connectivity index (χ1) is 8.81. The van der Waals surface area contributed by atoms with Gasteiger partial charge in [-0.2, -0.15) is 0 Å². The van der Waals surface area contributed by atoms with Gasteiger partial charge in [0.2, 0.25) is 11.8 Å². The summed E-state index contributed by atoms with van der Waals surface area (Å²) in [6, 6.07) is 0. The van der Waals surface area contributed by atoms with Crippen LogP contribution in [0.2, 0.25) is 0 Å². The van der Waals surface area contributed by atoms with E-state index in [1.807, 2.05) is 13.8 Å². The Hall–Kier alpha value is -0.810. The van der Waals surface area contributed by atoms with E-state index >= 15 is 0 Å². The van der Waals surface area contributed by atoms with E-state index in [1.54, 1.807) is 4.90 Å².